The van der Waals surface area contributed by atoms with Gasteiger partial charge < -0.3 is 15.0 Å². The molecule has 1 aromatic heterocycles. The van der Waals surface area contributed by atoms with Gasteiger partial charge in [0.25, 0.3) is 5.91 Å². The molecule has 2 atom stereocenters. The number of aromatic nitrogens is 2. The second-order valence-corrected chi connectivity index (χ2v) is 7.92. The fourth-order valence-electron chi connectivity index (χ4n) is 4.18. The fourth-order valence-corrected chi connectivity index (χ4v) is 4.18. The molecule has 1 aliphatic carbocycles. The van der Waals surface area contributed by atoms with Gasteiger partial charge in [-0.2, -0.15) is 5.10 Å². The topological polar surface area (TPSA) is 90.6 Å². The molecule has 4 rings (SSSR count). The summed E-state index contributed by atoms with van der Waals surface area (Å²) in [5.41, 5.74) is 0.556. The molecule has 1 saturated carbocycles. The lowest BCUT2D eigenvalue weighted by atomic mass is 10.1. The van der Waals surface area contributed by atoms with E-state index in [-0.39, 0.29) is 17.9 Å². The van der Waals surface area contributed by atoms with Crippen LogP contribution in [-0.2, 0) is 9.53 Å². The number of ether oxygens (including phenoxy) is 1. The molecular formula is C19H29N5O3. The molecule has 1 aromatic rings. The number of hydrogen-bond donors (Lipinski definition) is 2. The first-order valence-electron chi connectivity index (χ1n) is 10.1. The van der Waals surface area contributed by atoms with Gasteiger partial charge in [0.15, 0.2) is 0 Å². The number of carbonyl (C=O) groups excluding carboxylic acids is 2. The molecule has 0 bridgehead atoms. The summed E-state index contributed by atoms with van der Waals surface area (Å²) in [4.78, 5) is 29.3. The first kappa shape index (κ1) is 18.4. The quantitative estimate of drug-likeness (QED) is 0.730. The standard InChI is InChI=1S/C19H29N5O3/c25-18(23-5-7-27-8-6-23)9-16-3-4-17(24(16)13-14-1-2-14)12-20-19(26)15-10-21-22-11-15/h10-11,14,16-17H,1-9,12-13H2,(H,20,26)(H,21,22)/t16-,17+/m1/s1. The Kier molecular flexibility index (Phi) is 5.73. The minimum atomic E-state index is -0.0945. The average molecular weight is 375 g/mol. The van der Waals surface area contributed by atoms with Crippen molar-refractivity contribution < 1.29 is 14.3 Å². The highest BCUT2D eigenvalue weighted by Gasteiger charge is 2.38. The van der Waals surface area contributed by atoms with Gasteiger partial charge in [0.2, 0.25) is 5.91 Å². The number of morpholine rings is 1. The molecule has 8 heteroatoms. The third-order valence-corrected chi connectivity index (χ3v) is 5.97. The van der Waals surface area contributed by atoms with Crippen molar-refractivity contribution in [3.63, 3.8) is 0 Å². The maximum absolute atomic E-state index is 12.7. The van der Waals surface area contributed by atoms with Crippen molar-refractivity contribution in [2.24, 2.45) is 5.92 Å². The van der Waals surface area contributed by atoms with Crippen molar-refractivity contribution in [1.29, 1.82) is 0 Å². The molecule has 3 heterocycles. The molecule has 3 aliphatic rings. The van der Waals surface area contributed by atoms with Crippen LogP contribution < -0.4 is 5.32 Å². The Hall–Kier alpha value is -1.93. The first-order chi connectivity index (χ1) is 13.2. The molecule has 0 spiro atoms. The molecular weight excluding hydrogens is 346 g/mol. The van der Waals surface area contributed by atoms with E-state index in [1.807, 2.05) is 4.90 Å². The van der Waals surface area contributed by atoms with Crippen LogP contribution in [0.5, 0.6) is 0 Å². The number of aromatic amines is 1. The van der Waals surface area contributed by atoms with E-state index in [1.165, 1.54) is 19.0 Å². The maximum Gasteiger partial charge on any atom is 0.254 e. The Morgan fingerprint density at radius 2 is 1.96 bits per heavy atom. The van der Waals surface area contributed by atoms with Gasteiger partial charge >= 0.3 is 0 Å². The predicted octanol–water partition coefficient (Wildman–Crippen LogP) is 0.631. The van der Waals surface area contributed by atoms with Gasteiger partial charge in [-0.1, -0.05) is 0 Å². The van der Waals surface area contributed by atoms with Gasteiger partial charge in [0, 0.05) is 50.9 Å². The normalized spacial score (nSPS) is 26.3. The van der Waals surface area contributed by atoms with Crippen molar-refractivity contribution in [3.05, 3.63) is 18.0 Å². The molecule has 148 valence electrons. The van der Waals surface area contributed by atoms with Gasteiger partial charge in [-0.25, -0.2) is 0 Å². The third kappa shape index (κ3) is 4.68. The van der Waals surface area contributed by atoms with Gasteiger partial charge in [0.05, 0.1) is 25.0 Å². The number of H-pyrrole nitrogens is 1. The van der Waals surface area contributed by atoms with Gasteiger partial charge in [-0.15, -0.1) is 0 Å². The Bertz CT molecular complexity index is 640. The van der Waals surface area contributed by atoms with E-state index in [2.05, 4.69) is 20.4 Å². The number of rotatable bonds is 7. The maximum atomic E-state index is 12.7. The molecule has 2 aliphatic heterocycles. The number of likely N-dealkylation sites (tertiary alicyclic amines) is 1. The van der Waals surface area contributed by atoms with Crippen LogP contribution in [0, 0.1) is 5.92 Å². The van der Waals surface area contributed by atoms with E-state index in [0.717, 1.165) is 25.3 Å². The smallest absolute Gasteiger partial charge is 0.254 e. The summed E-state index contributed by atoms with van der Waals surface area (Å²) in [6, 6.07) is 0.598. The zero-order valence-electron chi connectivity index (χ0n) is 15.7. The van der Waals surface area contributed by atoms with E-state index < -0.39 is 0 Å². The van der Waals surface area contributed by atoms with Crippen LogP contribution in [0.1, 0.15) is 42.5 Å². The minimum Gasteiger partial charge on any atom is -0.378 e. The molecule has 2 N–H and O–H groups in total. The second kappa shape index (κ2) is 8.39. The third-order valence-electron chi connectivity index (χ3n) is 5.97. The van der Waals surface area contributed by atoms with E-state index in [9.17, 15) is 9.59 Å². The molecule has 3 fully saturated rings. The summed E-state index contributed by atoms with van der Waals surface area (Å²) in [5.74, 6) is 0.909. The Labute approximate surface area is 159 Å². The van der Waals surface area contributed by atoms with Crippen molar-refractivity contribution in [3.8, 4) is 0 Å². The molecule has 0 unspecified atom stereocenters. The van der Waals surface area contributed by atoms with E-state index in [4.69, 9.17) is 4.74 Å². The monoisotopic (exact) mass is 375 g/mol. The summed E-state index contributed by atoms with van der Waals surface area (Å²) in [6.07, 6.45) is 8.35. The van der Waals surface area contributed by atoms with Crippen LogP contribution in [0.2, 0.25) is 0 Å². The summed E-state index contributed by atoms with van der Waals surface area (Å²) >= 11 is 0. The summed E-state index contributed by atoms with van der Waals surface area (Å²) in [5, 5.41) is 9.53. The number of amides is 2. The van der Waals surface area contributed by atoms with E-state index in [1.54, 1.807) is 6.20 Å². The molecule has 8 nitrogen and oxygen atoms in total. The highest BCUT2D eigenvalue weighted by atomic mass is 16.5. The van der Waals surface area contributed by atoms with Crippen LogP contribution in [0.4, 0.5) is 0 Å². The van der Waals surface area contributed by atoms with Gasteiger partial charge in [0.1, 0.15) is 0 Å². The van der Waals surface area contributed by atoms with Crippen molar-refractivity contribution >= 4 is 11.8 Å². The van der Waals surface area contributed by atoms with Crippen molar-refractivity contribution in [2.45, 2.75) is 44.2 Å². The zero-order valence-corrected chi connectivity index (χ0v) is 15.7. The first-order valence-corrected chi connectivity index (χ1v) is 10.1. The second-order valence-electron chi connectivity index (χ2n) is 7.92. The van der Waals surface area contributed by atoms with Gasteiger partial charge in [-0.3, -0.25) is 19.6 Å². The molecule has 27 heavy (non-hydrogen) atoms. The number of hydrogen-bond acceptors (Lipinski definition) is 5. The largest absolute Gasteiger partial charge is 0.378 e. The van der Waals surface area contributed by atoms with Crippen LogP contribution >= 0.6 is 0 Å². The molecule has 2 amide bonds. The number of carbonyl (C=O) groups is 2. The number of nitrogens with zero attached hydrogens (tertiary/aromatic N) is 3. The molecule has 0 aromatic carbocycles. The minimum absolute atomic E-state index is 0.0945. The van der Waals surface area contributed by atoms with Crippen LogP contribution in [0.25, 0.3) is 0 Å². The summed E-state index contributed by atoms with van der Waals surface area (Å²) in [7, 11) is 0. The SMILES string of the molecule is O=C(NC[C@@H]1CC[C@H](CC(=O)N2CCOCC2)N1CC1CC1)c1cn[nH]c1. The summed E-state index contributed by atoms with van der Waals surface area (Å²) < 4.78 is 5.35. The average Bonchev–Trinajstić information content (AvgIpc) is 3.19. The highest BCUT2D eigenvalue weighted by Crippen LogP contribution is 2.35. The molecule has 2 saturated heterocycles. The fraction of sp³-hybridized carbons (Fsp3) is 0.737. The van der Waals surface area contributed by atoms with Crippen LogP contribution in [-0.4, -0.2) is 83.3 Å². The molecule has 0 radical (unpaired) electrons. The lowest BCUT2D eigenvalue weighted by Gasteiger charge is -2.33. The predicted molar refractivity (Wildman–Crippen MR) is 99.2 cm³/mol. The Morgan fingerprint density at radius 1 is 1.19 bits per heavy atom. The summed E-state index contributed by atoms with van der Waals surface area (Å²) in [6.45, 7) is 4.37. The van der Waals surface area contributed by atoms with E-state index in [0.29, 0.717) is 50.9 Å². The number of nitrogens with one attached hydrogen (secondary N) is 2. The zero-order chi connectivity index (χ0) is 18.6. The van der Waals surface area contributed by atoms with Crippen molar-refractivity contribution in [2.75, 3.05) is 39.4 Å². The highest BCUT2D eigenvalue weighted by molar-refractivity contribution is 5.93. The van der Waals surface area contributed by atoms with Crippen molar-refractivity contribution in [1.82, 2.24) is 25.3 Å². The Balaban J connectivity index is 1.33. The lowest BCUT2D eigenvalue weighted by Crippen LogP contribution is -2.47. The van der Waals surface area contributed by atoms with Crippen LogP contribution in [0.3, 0.4) is 0 Å². The van der Waals surface area contributed by atoms with Crippen LogP contribution in [0.15, 0.2) is 12.4 Å². The van der Waals surface area contributed by atoms with Gasteiger partial charge in [-0.05, 0) is 31.6 Å². The lowest BCUT2D eigenvalue weighted by molar-refractivity contribution is -0.136. The van der Waals surface area contributed by atoms with E-state index >= 15 is 0 Å². The Morgan fingerprint density at radius 3 is 2.67 bits per heavy atom.